The second-order valence-corrected chi connectivity index (χ2v) is 5.69. The Morgan fingerprint density at radius 3 is 1.50 bits per heavy atom. The zero-order valence-corrected chi connectivity index (χ0v) is 14.4. The van der Waals surface area contributed by atoms with Crippen LogP contribution in [0, 0.1) is 0 Å². The molecule has 2 aromatic rings. The van der Waals surface area contributed by atoms with Crippen molar-refractivity contribution < 1.29 is 0 Å². The zero-order valence-electron chi connectivity index (χ0n) is 14.4. The van der Waals surface area contributed by atoms with Crippen molar-refractivity contribution in [2.24, 2.45) is 21.7 Å². The lowest BCUT2D eigenvalue weighted by atomic mass is 10.2. The van der Waals surface area contributed by atoms with Crippen molar-refractivity contribution in [2.45, 2.75) is 0 Å². The maximum Gasteiger partial charge on any atom is 0.0858 e. The van der Waals surface area contributed by atoms with Crippen LogP contribution in [0.15, 0.2) is 58.8 Å². The summed E-state index contributed by atoms with van der Waals surface area (Å²) in [5, 5.41) is 8.56. The molecule has 2 rings (SSSR count). The minimum absolute atomic E-state index is 0.602. The number of nitrogens with two attached hydrogens (primary N) is 2. The van der Waals surface area contributed by atoms with Gasteiger partial charge in [-0.15, -0.1) is 0 Å². The van der Waals surface area contributed by atoms with Gasteiger partial charge in [0, 0.05) is 51.6 Å². The van der Waals surface area contributed by atoms with E-state index in [-0.39, 0.29) is 0 Å². The summed E-state index contributed by atoms with van der Waals surface area (Å²) in [4.78, 5) is 4.22. The molecule has 0 heterocycles. The molecule has 0 amide bonds. The number of azo groups is 1. The van der Waals surface area contributed by atoms with Gasteiger partial charge in [0.1, 0.15) is 0 Å². The standard InChI is InChI=1S/C18H26N6/c1-23(2)17-7-3-15(4-8-17)21-22-16-5-9-18(10-6-16)24(13-11-19)14-12-20/h3-10H,11-14,19-20H2,1-2H3. The fourth-order valence-corrected chi connectivity index (χ4v) is 2.34. The lowest BCUT2D eigenvalue weighted by Gasteiger charge is -2.23. The number of nitrogens with zero attached hydrogens (tertiary/aromatic N) is 4. The highest BCUT2D eigenvalue weighted by molar-refractivity contribution is 5.54. The Hall–Kier alpha value is -2.44. The highest BCUT2D eigenvalue weighted by Crippen LogP contribution is 2.23. The predicted octanol–water partition coefficient (Wildman–Crippen LogP) is 2.89. The topological polar surface area (TPSA) is 83.2 Å². The van der Waals surface area contributed by atoms with Crippen LogP contribution in [0.1, 0.15) is 0 Å². The molecule has 0 atom stereocenters. The van der Waals surface area contributed by atoms with Crippen molar-refractivity contribution in [3.63, 3.8) is 0 Å². The minimum Gasteiger partial charge on any atom is -0.378 e. The average Bonchev–Trinajstić information content (AvgIpc) is 2.60. The second kappa shape index (κ2) is 9.00. The molecule has 128 valence electrons. The van der Waals surface area contributed by atoms with Crippen LogP contribution in [0.3, 0.4) is 0 Å². The smallest absolute Gasteiger partial charge is 0.0858 e. The van der Waals surface area contributed by atoms with Crippen LogP contribution in [-0.2, 0) is 0 Å². The monoisotopic (exact) mass is 326 g/mol. The lowest BCUT2D eigenvalue weighted by molar-refractivity contribution is 0.782. The van der Waals surface area contributed by atoms with E-state index in [1.165, 1.54) is 0 Å². The molecule has 4 N–H and O–H groups in total. The molecule has 0 aliphatic heterocycles. The summed E-state index contributed by atoms with van der Waals surface area (Å²) in [6.45, 7) is 2.78. The van der Waals surface area contributed by atoms with Crippen molar-refractivity contribution >= 4 is 22.7 Å². The van der Waals surface area contributed by atoms with Crippen molar-refractivity contribution in [1.82, 2.24) is 0 Å². The van der Waals surface area contributed by atoms with Crippen LogP contribution in [-0.4, -0.2) is 40.3 Å². The normalized spacial score (nSPS) is 11.0. The fraction of sp³-hybridized carbons (Fsp3) is 0.333. The molecular formula is C18H26N6. The third kappa shape index (κ3) is 5.04. The molecule has 6 heteroatoms. The van der Waals surface area contributed by atoms with Gasteiger partial charge in [0.15, 0.2) is 0 Å². The van der Waals surface area contributed by atoms with Gasteiger partial charge < -0.3 is 21.3 Å². The number of hydrogen-bond acceptors (Lipinski definition) is 6. The van der Waals surface area contributed by atoms with Gasteiger partial charge in [-0.1, -0.05) is 0 Å². The van der Waals surface area contributed by atoms with Crippen LogP contribution in [0.25, 0.3) is 0 Å². The van der Waals surface area contributed by atoms with Crippen LogP contribution in [0.2, 0.25) is 0 Å². The van der Waals surface area contributed by atoms with Crippen LogP contribution in [0.4, 0.5) is 22.7 Å². The quantitative estimate of drug-likeness (QED) is 0.731. The van der Waals surface area contributed by atoms with Crippen molar-refractivity contribution in [2.75, 3.05) is 50.1 Å². The highest BCUT2D eigenvalue weighted by Gasteiger charge is 2.04. The Morgan fingerprint density at radius 2 is 1.12 bits per heavy atom. The van der Waals surface area contributed by atoms with E-state index in [2.05, 4.69) is 15.1 Å². The molecule has 2 aromatic carbocycles. The maximum absolute atomic E-state index is 5.65. The summed E-state index contributed by atoms with van der Waals surface area (Å²) < 4.78 is 0. The number of hydrogen-bond donors (Lipinski definition) is 2. The first-order valence-electron chi connectivity index (χ1n) is 8.08. The van der Waals surface area contributed by atoms with E-state index in [1.54, 1.807) is 0 Å². The summed E-state index contributed by atoms with van der Waals surface area (Å²) in [7, 11) is 4.02. The number of benzene rings is 2. The Labute approximate surface area is 143 Å². The van der Waals surface area contributed by atoms with Gasteiger partial charge in [-0.2, -0.15) is 10.2 Å². The summed E-state index contributed by atoms with van der Waals surface area (Å²) in [6, 6.07) is 15.9. The average molecular weight is 326 g/mol. The first-order valence-corrected chi connectivity index (χ1v) is 8.08. The molecule has 0 bridgehead atoms. The summed E-state index contributed by atoms with van der Waals surface area (Å²) in [6.07, 6.45) is 0. The highest BCUT2D eigenvalue weighted by atomic mass is 15.1. The maximum atomic E-state index is 5.65. The van der Waals surface area contributed by atoms with E-state index in [9.17, 15) is 0 Å². The molecule has 0 saturated carbocycles. The SMILES string of the molecule is CN(C)c1ccc(N=Nc2ccc(N(CCN)CCN)cc2)cc1. The molecule has 0 unspecified atom stereocenters. The third-order valence-corrected chi connectivity index (χ3v) is 3.66. The van der Waals surface area contributed by atoms with E-state index in [1.807, 2.05) is 67.5 Å². The van der Waals surface area contributed by atoms with Gasteiger partial charge in [-0.05, 0) is 48.5 Å². The van der Waals surface area contributed by atoms with Crippen molar-refractivity contribution in [3.8, 4) is 0 Å². The third-order valence-electron chi connectivity index (χ3n) is 3.66. The van der Waals surface area contributed by atoms with Crippen LogP contribution < -0.4 is 21.3 Å². The molecule has 24 heavy (non-hydrogen) atoms. The Bertz CT molecular complexity index is 628. The zero-order chi connectivity index (χ0) is 17.4. The Morgan fingerprint density at radius 1 is 0.708 bits per heavy atom. The van der Waals surface area contributed by atoms with E-state index < -0.39 is 0 Å². The van der Waals surface area contributed by atoms with E-state index in [0.29, 0.717) is 13.1 Å². The lowest BCUT2D eigenvalue weighted by Crippen LogP contribution is -2.33. The van der Waals surface area contributed by atoms with Gasteiger partial charge in [0.25, 0.3) is 0 Å². The first kappa shape index (κ1) is 17.9. The van der Waals surface area contributed by atoms with Crippen LogP contribution in [0.5, 0.6) is 0 Å². The Kier molecular flexibility index (Phi) is 6.72. The van der Waals surface area contributed by atoms with Gasteiger partial charge in [0.2, 0.25) is 0 Å². The molecule has 0 aromatic heterocycles. The second-order valence-electron chi connectivity index (χ2n) is 5.69. The van der Waals surface area contributed by atoms with E-state index in [4.69, 9.17) is 11.5 Å². The van der Waals surface area contributed by atoms with Gasteiger partial charge in [-0.3, -0.25) is 0 Å². The first-order chi connectivity index (χ1) is 11.6. The molecule has 0 fully saturated rings. The molecule has 0 saturated heterocycles. The number of anilines is 2. The molecule has 6 nitrogen and oxygen atoms in total. The van der Waals surface area contributed by atoms with Gasteiger partial charge in [0.05, 0.1) is 11.4 Å². The largest absolute Gasteiger partial charge is 0.378 e. The summed E-state index contributed by atoms with van der Waals surface area (Å²) >= 11 is 0. The summed E-state index contributed by atoms with van der Waals surface area (Å²) in [5.41, 5.74) is 15.2. The van der Waals surface area contributed by atoms with Gasteiger partial charge in [-0.25, -0.2) is 0 Å². The van der Waals surface area contributed by atoms with Gasteiger partial charge >= 0.3 is 0 Å². The molecule has 0 aliphatic carbocycles. The molecular weight excluding hydrogens is 300 g/mol. The minimum atomic E-state index is 0.602. The van der Waals surface area contributed by atoms with E-state index in [0.717, 1.165) is 35.8 Å². The number of rotatable bonds is 8. The van der Waals surface area contributed by atoms with Crippen molar-refractivity contribution in [3.05, 3.63) is 48.5 Å². The molecule has 0 aliphatic rings. The summed E-state index contributed by atoms with van der Waals surface area (Å²) in [5.74, 6) is 0. The fourth-order valence-electron chi connectivity index (χ4n) is 2.34. The molecule has 0 spiro atoms. The van der Waals surface area contributed by atoms with Crippen LogP contribution >= 0.6 is 0 Å². The Balaban J connectivity index is 2.04. The molecule has 0 radical (unpaired) electrons. The predicted molar refractivity (Wildman–Crippen MR) is 102 cm³/mol. The van der Waals surface area contributed by atoms with E-state index >= 15 is 0 Å². The van der Waals surface area contributed by atoms with Crippen molar-refractivity contribution in [1.29, 1.82) is 0 Å².